The van der Waals surface area contributed by atoms with Crippen molar-refractivity contribution in [3.8, 4) is 0 Å². The van der Waals surface area contributed by atoms with E-state index in [0.717, 1.165) is 47.3 Å². The second-order valence-electron chi connectivity index (χ2n) is 13.3. The van der Waals surface area contributed by atoms with Gasteiger partial charge in [-0.25, -0.2) is 0 Å². The number of hydrogen-bond donors (Lipinski definition) is 0. The lowest BCUT2D eigenvalue weighted by atomic mass is 9.44. The van der Waals surface area contributed by atoms with Crippen molar-refractivity contribution < 1.29 is 4.74 Å². The zero-order valence-electron chi connectivity index (χ0n) is 20.3. The SMILES string of the molecule is CC(C)CCC[C@@H](C)[C@H]1CC[C@H]2[C@@H]3CC[C@H]4C[C@H](C)[C@H]5O[C@H]5[C@]4(C)[C@H]3CC[C@]12C. The number of hydrogen-bond acceptors (Lipinski definition) is 1. The Morgan fingerprint density at radius 3 is 2.48 bits per heavy atom. The number of ether oxygens (including phenoxy) is 1. The normalized spacial score (nSPS) is 54.3. The van der Waals surface area contributed by atoms with Crippen LogP contribution in [-0.4, -0.2) is 12.2 Å². The second-order valence-corrected chi connectivity index (χ2v) is 13.3. The molecule has 29 heavy (non-hydrogen) atoms. The van der Waals surface area contributed by atoms with Crippen LogP contribution in [0.2, 0.25) is 0 Å². The Morgan fingerprint density at radius 1 is 0.931 bits per heavy atom. The summed E-state index contributed by atoms with van der Waals surface area (Å²) in [4.78, 5) is 0. The molecule has 166 valence electrons. The lowest BCUT2D eigenvalue weighted by Crippen LogP contribution is -2.56. The van der Waals surface area contributed by atoms with Crippen LogP contribution in [0.25, 0.3) is 0 Å². The lowest BCUT2D eigenvalue weighted by molar-refractivity contribution is -0.117. The van der Waals surface area contributed by atoms with E-state index < -0.39 is 0 Å². The molecule has 0 aromatic rings. The second kappa shape index (κ2) is 7.25. The Labute approximate surface area is 181 Å². The van der Waals surface area contributed by atoms with Gasteiger partial charge in [0.05, 0.1) is 12.2 Å². The molecule has 5 aliphatic rings. The van der Waals surface area contributed by atoms with Gasteiger partial charge >= 0.3 is 0 Å². The molecule has 0 spiro atoms. The third kappa shape index (κ3) is 3.10. The van der Waals surface area contributed by atoms with E-state index in [9.17, 15) is 0 Å². The number of fused-ring (bicyclic) bond motifs is 7. The molecule has 1 heteroatoms. The molecule has 0 amide bonds. The molecule has 0 aromatic heterocycles. The van der Waals surface area contributed by atoms with Crippen LogP contribution in [0.5, 0.6) is 0 Å². The van der Waals surface area contributed by atoms with Crippen molar-refractivity contribution in [1.82, 2.24) is 0 Å². The fourth-order valence-electron chi connectivity index (χ4n) is 9.95. The molecule has 0 aromatic carbocycles. The van der Waals surface area contributed by atoms with Crippen LogP contribution in [-0.2, 0) is 4.74 Å². The summed E-state index contributed by atoms with van der Waals surface area (Å²) in [6, 6.07) is 0. The fraction of sp³-hybridized carbons (Fsp3) is 1.00. The quantitative estimate of drug-likeness (QED) is 0.430. The first kappa shape index (κ1) is 20.8. The Balaban J connectivity index is 1.31. The first-order valence-corrected chi connectivity index (χ1v) is 13.4. The molecular formula is C28H48O. The van der Waals surface area contributed by atoms with Gasteiger partial charge in [-0.2, -0.15) is 0 Å². The molecule has 0 unspecified atom stereocenters. The van der Waals surface area contributed by atoms with Crippen molar-refractivity contribution >= 4 is 0 Å². The van der Waals surface area contributed by atoms with Crippen LogP contribution in [0.3, 0.4) is 0 Å². The highest BCUT2D eigenvalue weighted by molar-refractivity contribution is 5.16. The Kier molecular flexibility index (Phi) is 5.21. The monoisotopic (exact) mass is 400 g/mol. The molecule has 4 aliphatic carbocycles. The lowest BCUT2D eigenvalue weighted by Gasteiger charge is -2.60. The van der Waals surface area contributed by atoms with Crippen LogP contribution < -0.4 is 0 Å². The molecule has 11 atom stereocenters. The Hall–Kier alpha value is -0.0400. The van der Waals surface area contributed by atoms with E-state index in [1.54, 1.807) is 0 Å². The molecule has 4 saturated carbocycles. The summed E-state index contributed by atoms with van der Waals surface area (Å²) in [6.45, 7) is 15.2. The van der Waals surface area contributed by atoms with Crippen molar-refractivity contribution in [1.29, 1.82) is 0 Å². The minimum atomic E-state index is 0.502. The van der Waals surface area contributed by atoms with E-state index in [-0.39, 0.29) is 0 Å². The predicted molar refractivity (Wildman–Crippen MR) is 122 cm³/mol. The van der Waals surface area contributed by atoms with E-state index in [0.29, 0.717) is 23.0 Å². The molecule has 1 saturated heterocycles. The van der Waals surface area contributed by atoms with Gasteiger partial charge in [0.2, 0.25) is 0 Å². The van der Waals surface area contributed by atoms with E-state index in [1.165, 1.54) is 64.2 Å². The summed E-state index contributed by atoms with van der Waals surface area (Å²) < 4.78 is 6.37. The van der Waals surface area contributed by atoms with Gasteiger partial charge in [-0.3, -0.25) is 0 Å². The molecule has 5 rings (SSSR count). The van der Waals surface area contributed by atoms with Crippen LogP contribution in [0.15, 0.2) is 0 Å². The number of rotatable bonds is 5. The van der Waals surface area contributed by atoms with Gasteiger partial charge in [-0.15, -0.1) is 0 Å². The van der Waals surface area contributed by atoms with Gasteiger partial charge < -0.3 is 4.74 Å². The molecule has 1 heterocycles. The van der Waals surface area contributed by atoms with Gasteiger partial charge in [-0.05, 0) is 97.7 Å². The first-order valence-electron chi connectivity index (χ1n) is 13.4. The summed E-state index contributed by atoms with van der Waals surface area (Å²) >= 11 is 0. The Morgan fingerprint density at radius 2 is 1.72 bits per heavy atom. The molecule has 1 nitrogen and oxygen atoms in total. The molecule has 0 bridgehead atoms. The third-order valence-electron chi connectivity index (χ3n) is 11.5. The van der Waals surface area contributed by atoms with E-state index in [1.807, 2.05) is 0 Å². The summed E-state index contributed by atoms with van der Waals surface area (Å²) in [5.74, 6) is 7.50. The van der Waals surface area contributed by atoms with Crippen molar-refractivity contribution in [2.24, 2.45) is 58.2 Å². The largest absolute Gasteiger partial charge is 0.369 e. The minimum Gasteiger partial charge on any atom is -0.369 e. The van der Waals surface area contributed by atoms with Crippen LogP contribution in [0.4, 0.5) is 0 Å². The van der Waals surface area contributed by atoms with Crippen LogP contribution in [0, 0.1) is 58.2 Å². The average molecular weight is 401 g/mol. The third-order valence-corrected chi connectivity index (χ3v) is 11.5. The summed E-state index contributed by atoms with van der Waals surface area (Å²) in [7, 11) is 0. The van der Waals surface area contributed by atoms with E-state index in [2.05, 4.69) is 41.5 Å². The highest BCUT2D eigenvalue weighted by atomic mass is 16.6. The van der Waals surface area contributed by atoms with Gasteiger partial charge in [0, 0.05) is 5.41 Å². The van der Waals surface area contributed by atoms with Gasteiger partial charge in [0.15, 0.2) is 0 Å². The van der Waals surface area contributed by atoms with Crippen molar-refractivity contribution in [3.63, 3.8) is 0 Å². The molecule has 0 N–H and O–H groups in total. The average Bonchev–Trinajstić information content (AvgIpc) is 3.40. The van der Waals surface area contributed by atoms with E-state index >= 15 is 0 Å². The molecule has 1 aliphatic heterocycles. The number of epoxide rings is 1. The maximum atomic E-state index is 6.37. The topological polar surface area (TPSA) is 12.5 Å². The standard InChI is InChI=1S/C28H48O/c1-17(2)8-7-9-18(3)22-12-13-23-21-11-10-20-16-19(4)25-26(29-25)28(20,6)24(21)14-15-27(22,23)5/h17-26H,7-16H2,1-6H3/t18-,19+,20+,21+,22-,23+,24+,25-,26-,27-,28+/m1/s1. The highest BCUT2D eigenvalue weighted by Gasteiger charge is 2.68. The maximum absolute atomic E-state index is 6.37. The van der Waals surface area contributed by atoms with Crippen LogP contribution >= 0.6 is 0 Å². The predicted octanol–water partition coefficient (Wildman–Crippen LogP) is 7.73. The zero-order chi connectivity index (χ0) is 20.6. The smallest absolute Gasteiger partial charge is 0.0903 e. The summed E-state index contributed by atoms with van der Waals surface area (Å²) in [5.41, 5.74) is 1.13. The zero-order valence-corrected chi connectivity index (χ0v) is 20.3. The summed E-state index contributed by atoms with van der Waals surface area (Å²) in [6.07, 6.45) is 16.1. The first-order chi connectivity index (χ1) is 13.8. The molecule has 0 radical (unpaired) electrons. The van der Waals surface area contributed by atoms with Gasteiger partial charge in [-0.1, -0.05) is 60.8 Å². The minimum absolute atomic E-state index is 0.502. The maximum Gasteiger partial charge on any atom is 0.0903 e. The van der Waals surface area contributed by atoms with Gasteiger partial charge in [0.25, 0.3) is 0 Å². The van der Waals surface area contributed by atoms with Crippen molar-refractivity contribution in [2.45, 2.75) is 118 Å². The summed E-state index contributed by atoms with van der Waals surface area (Å²) in [5, 5.41) is 0. The van der Waals surface area contributed by atoms with Crippen LogP contribution in [0.1, 0.15) is 106 Å². The molecular weight excluding hydrogens is 352 g/mol. The molecule has 5 fully saturated rings. The fourth-order valence-corrected chi connectivity index (χ4v) is 9.95. The van der Waals surface area contributed by atoms with E-state index in [4.69, 9.17) is 4.74 Å². The van der Waals surface area contributed by atoms with Gasteiger partial charge in [0.1, 0.15) is 0 Å². The van der Waals surface area contributed by atoms with Crippen molar-refractivity contribution in [2.75, 3.05) is 0 Å². The Bertz CT molecular complexity index is 611. The van der Waals surface area contributed by atoms with Crippen molar-refractivity contribution in [3.05, 3.63) is 0 Å². The highest BCUT2D eigenvalue weighted by Crippen LogP contribution is 2.71.